The highest BCUT2D eigenvalue weighted by Gasteiger charge is 2.45. The summed E-state index contributed by atoms with van der Waals surface area (Å²) in [6, 6.07) is 8.22. The molecule has 9 heteroatoms. The maximum atomic E-state index is 14.0. The van der Waals surface area contributed by atoms with E-state index < -0.39 is 5.82 Å². The number of rotatable bonds is 6. The van der Waals surface area contributed by atoms with Crippen LogP contribution in [0.15, 0.2) is 42.7 Å². The molecule has 0 saturated carbocycles. The Bertz CT molecular complexity index is 1270. The monoisotopic (exact) mass is 498 g/mol. The maximum Gasteiger partial charge on any atom is 0.270 e. The lowest BCUT2D eigenvalue weighted by Gasteiger charge is -2.43. The highest BCUT2D eigenvalue weighted by molar-refractivity contribution is 6.33. The van der Waals surface area contributed by atoms with Gasteiger partial charge in [0.15, 0.2) is 0 Å². The van der Waals surface area contributed by atoms with Gasteiger partial charge in [-0.15, -0.1) is 0 Å². The Morgan fingerprint density at radius 1 is 1.23 bits per heavy atom. The molecule has 1 saturated heterocycles. The van der Waals surface area contributed by atoms with E-state index in [1.807, 2.05) is 36.7 Å². The van der Waals surface area contributed by atoms with Crippen LogP contribution in [0.4, 0.5) is 10.2 Å². The molecule has 0 atom stereocenters. The Balaban J connectivity index is 1.53. The first-order chi connectivity index (χ1) is 16.8. The summed E-state index contributed by atoms with van der Waals surface area (Å²) >= 11 is 6.50. The molecule has 0 radical (unpaired) electrons. The number of pyridine rings is 1. The van der Waals surface area contributed by atoms with Crippen LogP contribution in [-0.2, 0) is 24.4 Å². The van der Waals surface area contributed by atoms with Gasteiger partial charge in [-0.2, -0.15) is 0 Å². The maximum absolute atomic E-state index is 14.0. The average molecular weight is 499 g/mol. The molecule has 0 unspecified atom stereocenters. The minimum Gasteiger partial charge on any atom is -0.392 e. The summed E-state index contributed by atoms with van der Waals surface area (Å²) in [7, 11) is 0. The van der Waals surface area contributed by atoms with E-state index in [4.69, 9.17) is 16.3 Å². The second-order valence-electron chi connectivity index (χ2n) is 9.82. The molecular weight excluding hydrogens is 471 g/mol. The SMILES string of the molecule is CC(C)Nc1cc(-c2cc3n(c2)CC2(COC2)CN(Cc2cc(F)ccc2CO)C3=O)c(Cl)cn1. The first-order valence-electron chi connectivity index (χ1n) is 11.6. The Morgan fingerprint density at radius 2 is 2.03 bits per heavy atom. The molecular formula is C26H28ClFN4O3. The van der Waals surface area contributed by atoms with E-state index in [0.717, 1.165) is 11.1 Å². The van der Waals surface area contributed by atoms with Crippen molar-refractivity contribution in [2.75, 3.05) is 25.1 Å². The summed E-state index contributed by atoms with van der Waals surface area (Å²) in [4.78, 5) is 19.8. The summed E-state index contributed by atoms with van der Waals surface area (Å²) in [6.07, 6.45) is 3.57. The predicted molar refractivity (Wildman–Crippen MR) is 132 cm³/mol. The van der Waals surface area contributed by atoms with Crippen LogP contribution in [-0.4, -0.2) is 51.3 Å². The van der Waals surface area contributed by atoms with Gasteiger partial charge in [-0.3, -0.25) is 4.79 Å². The molecule has 0 aliphatic carbocycles. The first kappa shape index (κ1) is 23.8. The van der Waals surface area contributed by atoms with Crippen LogP contribution in [0.5, 0.6) is 0 Å². The fourth-order valence-corrected chi connectivity index (χ4v) is 5.07. The highest BCUT2D eigenvalue weighted by atomic mass is 35.5. The number of hydrogen-bond acceptors (Lipinski definition) is 5. The Labute approximate surface area is 208 Å². The third kappa shape index (κ3) is 4.66. The lowest BCUT2D eigenvalue weighted by atomic mass is 9.85. The Hall–Kier alpha value is -2.94. The number of aromatic nitrogens is 2. The molecule has 2 aliphatic heterocycles. The van der Waals surface area contributed by atoms with Crippen molar-refractivity contribution in [1.82, 2.24) is 14.5 Å². The molecule has 3 aromatic rings. The molecule has 1 aromatic carbocycles. The topological polar surface area (TPSA) is 79.6 Å². The summed E-state index contributed by atoms with van der Waals surface area (Å²) in [5, 5.41) is 13.5. The number of carbonyl (C=O) groups is 1. The number of fused-ring (bicyclic) bond motifs is 1. The summed E-state index contributed by atoms with van der Waals surface area (Å²) < 4.78 is 21.5. The van der Waals surface area contributed by atoms with Crippen molar-refractivity contribution in [1.29, 1.82) is 0 Å². The number of nitrogens with one attached hydrogen (secondary N) is 1. The molecule has 1 fully saturated rings. The summed E-state index contributed by atoms with van der Waals surface area (Å²) in [5.74, 6) is 0.157. The van der Waals surface area contributed by atoms with Gasteiger partial charge in [0.05, 0.1) is 30.3 Å². The molecule has 1 spiro atoms. The standard InChI is InChI=1S/C26H28ClFN4O3/c1-16(2)30-24-7-21(22(27)8-29-24)19-6-23-25(34)32(9-18-5-20(28)4-3-17(18)11-33)13-26(14-35-15-26)12-31(23)10-19/h3-8,10,16,33H,9,11-15H2,1-2H3,(H,29,30). The molecule has 0 bridgehead atoms. The third-order valence-corrected chi connectivity index (χ3v) is 6.86. The number of amides is 1. The number of halogens is 2. The average Bonchev–Trinajstić information content (AvgIpc) is 3.16. The van der Waals surface area contributed by atoms with E-state index in [0.29, 0.717) is 54.0 Å². The van der Waals surface area contributed by atoms with Crippen LogP contribution >= 0.6 is 11.6 Å². The normalized spacial score (nSPS) is 16.9. The fraction of sp³-hybridized carbons (Fsp3) is 0.385. The number of nitrogens with zero attached hydrogens (tertiary/aromatic N) is 3. The molecule has 2 aromatic heterocycles. The Kier molecular flexibility index (Phi) is 6.29. The van der Waals surface area contributed by atoms with Gasteiger partial charge >= 0.3 is 0 Å². The van der Waals surface area contributed by atoms with Gasteiger partial charge in [0.2, 0.25) is 0 Å². The molecule has 2 N–H and O–H groups in total. The van der Waals surface area contributed by atoms with E-state index in [1.165, 1.54) is 12.1 Å². The van der Waals surface area contributed by atoms with E-state index in [9.17, 15) is 14.3 Å². The number of ether oxygens (including phenoxy) is 1. The smallest absolute Gasteiger partial charge is 0.270 e. The van der Waals surface area contributed by atoms with Crippen molar-refractivity contribution in [2.24, 2.45) is 5.41 Å². The fourth-order valence-electron chi connectivity index (χ4n) is 4.85. The second-order valence-corrected chi connectivity index (χ2v) is 10.2. The first-order valence-corrected chi connectivity index (χ1v) is 12.0. The quantitative estimate of drug-likeness (QED) is 0.529. The van der Waals surface area contributed by atoms with Gasteiger partial charge in [-0.25, -0.2) is 9.37 Å². The van der Waals surface area contributed by atoms with Crippen molar-refractivity contribution in [2.45, 2.75) is 39.6 Å². The molecule has 35 heavy (non-hydrogen) atoms. The van der Waals surface area contributed by atoms with Gasteiger partial charge in [0.25, 0.3) is 5.91 Å². The van der Waals surface area contributed by atoms with Crippen LogP contribution in [0.2, 0.25) is 5.02 Å². The molecule has 7 nitrogen and oxygen atoms in total. The summed E-state index contributed by atoms with van der Waals surface area (Å²) in [5.41, 5.74) is 3.13. The lowest BCUT2D eigenvalue weighted by Crippen LogP contribution is -2.52. The highest BCUT2D eigenvalue weighted by Crippen LogP contribution is 2.38. The Morgan fingerprint density at radius 3 is 2.71 bits per heavy atom. The zero-order valence-electron chi connectivity index (χ0n) is 19.7. The molecule has 2 aliphatic rings. The zero-order chi connectivity index (χ0) is 24.7. The van der Waals surface area contributed by atoms with Crippen LogP contribution in [0, 0.1) is 11.2 Å². The van der Waals surface area contributed by atoms with Crippen LogP contribution in [0.1, 0.15) is 35.5 Å². The van der Waals surface area contributed by atoms with Crippen LogP contribution in [0.3, 0.4) is 0 Å². The number of carbonyl (C=O) groups excluding carboxylic acids is 1. The van der Waals surface area contributed by atoms with Gasteiger partial charge in [-0.1, -0.05) is 17.7 Å². The van der Waals surface area contributed by atoms with Crippen molar-refractivity contribution < 1.29 is 19.0 Å². The predicted octanol–water partition coefficient (Wildman–Crippen LogP) is 4.33. The number of hydrogen-bond donors (Lipinski definition) is 2. The van der Waals surface area contributed by atoms with Gasteiger partial charge in [0, 0.05) is 49.2 Å². The van der Waals surface area contributed by atoms with Crippen LogP contribution in [0.25, 0.3) is 11.1 Å². The van der Waals surface area contributed by atoms with Gasteiger partial charge < -0.3 is 24.6 Å². The second kappa shape index (κ2) is 9.26. The van der Waals surface area contributed by atoms with E-state index in [2.05, 4.69) is 10.3 Å². The molecule has 184 valence electrons. The van der Waals surface area contributed by atoms with Crippen LogP contribution < -0.4 is 5.32 Å². The molecule has 1 amide bonds. The molecule has 5 rings (SSSR count). The van der Waals surface area contributed by atoms with Crippen molar-refractivity contribution in [3.05, 3.63) is 70.4 Å². The van der Waals surface area contributed by atoms with E-state index >= 15 is 0 Å². The van der Waals surface area contributed by atoms with Gasteiger partial charge in [0.1, 0.15) is 17.3 Å². The largest absolute Gasteiger partial charge is 0.392 e. The zero-order valence-corrected chi connectivity index (χ0v) is 20.5. The number of aliphatic hydroxyl groups is 1. The minimum atomic E-state index is -0.398. The third-order valence-electron chi connectivity index (χ3n) is 6.55. The van der Waals surface area contributed by atoms with Crippen molar-refractivity contribution in [3.8, 4) is 11.1 Å². The summed E-state index contributed by atoms with van der Waals surface area (Å²) in [6.45, 7) is 6.24. The van der Waals surface area contributed by atoms with E-state index in [1.54, 1.807) is 17.2 Å². The molecule has 4 heterocycles. The lowest BCUT2D eigenvalue weighted by molar-refractivity contribution is -0.129. The minimum absolute atomic E-state index is 0.154. The van der Waals surface area contributed by atoms with Gasteiger partial charge in [-0.05, 0) is 49.2 Å². The van der Waals surface area contributed by atoms with Crippen molar-refractivity contribution >= 4 is 23.3 Å². The number of aliphatic hydroxyl groups excluding tert-OH is 1. The van der Waals surface area contributed by atoms with Crippen molar-refractivity contribution in [3.63, 3.8) is 0 Å². The number of benzene rings is 1. The number of anilines is 1. The van der Waals surface area contributed by atoms with E-state index in [-0.39, 0.29) is 30.5 Å².